The molecule has 1 fully saturated rings. The summed E-state index contributed by atoms with van der Waals surface area (Å²) in [5.74, 6) is 0.960. The van der Waals surface area contributed by atoms with Gasteiger partial charge >= 0.3 is 6.03 Å². The summed E-state index contributed by atoms with van der Waals surface area (Å²) in [6.45, 7) is 2.19. The molecule has 0 radical (unpaired) electrons. The summed E-state index contributed by atoms with van der Waals surface area (Å²) in [4.78, 5) is 16.2. The van der Waals surface area contributed by atoms with E-state index in [1.54, 1.807) is 49.5 Å². The zero-order chi connectivity index (χ0) is 18.5. The van der Waals surface area contributed by atoms with Crippen molar-refractivity contribution in [3.63, 3.8) is 0 Å². The van der Waals surface area contributed by atoms with Crippen molar-refractivity contribution < 1.29 is 18.7 Å². The molecule has 138 valence electrons. The number of rotatable bonds is 4. The van der Waals surface area contributed by atoms with Gasteiger partial charge < -0.3 is 24.6 Å². The highest BCUT2D eigenvalue weighted by Crippen LogP contribution is 2.26. The number of halogens is 1. The number of hydrogen-bond donors (Lipinski definition) is 1. The minimum Gasteiger partial charge on any atom is -0.497 e. The van der Waals surface area contributed by atoms with E-state index in [1.165, 1.54) is 6.07 Å². The van der Waals surface area contributed by atoms with Gasteiger partial charge in [-0.1, -0.05) is 12.1 Å². The summed E-state index contributed by atoms with van der Waals surface area (Å²) in [5.41, 5.74) is 1.17. The Morgan fingerprint density at radius 2 is 1.62 bits per heavy atom. The third kappa shape index (κ3) is 3.99. The SMILES string of the molecule is COc1cc(NC(=O)N2CCN(c3ccccc3F)CC2)cc(OC)c1. The number of para-hydroxylation sites is 1. The molecule has 0 atom stereocenters. The van der Waals surface area contributed by atoms with Crippen molar-refractivity contribution in [1.29, 1.82) is 0 Å². The third-order valence-electron chi connectivity index (χ3n) is 4.36. The highest BCUT2D eigenvalue weighted by Gasteiger charge is 2.23. The fourth-order valence-corrected chi connectivity index (χ4v) is 2.94. The van der Waals surface area contributed by atoms with E-state index in [9.17, 15) is 9.18 Å². The summed E-state index contributed by atoms with van der Waals surface area (Å²) in [6, 6.07) is 11.7. The van der Waals surface area contributed by atoms with Gasteiger partial charge in [-0.25, -0.2) is 9.18 Å². The quantitative estimate of drug-likeness (QED) is 0.911. The first kappa shape index (κ1) is 17.8. The number of hydrogen-bond acceptors (Lipinski definition) is 4. The summed E-state index contributed by atoms with van der Waals surface area (Å²) in [7, 11) is 3.12. The van der Waals surface area contributed by atoms with Crippen LogP contribution in [0.2, 0.25) is 0 Å². The number of benzene rings is 2. The van der Waals surface area contributed by atoms with Crippen LogP contribution in [0.15, 0.2) is 42.5 Å². The van der Waals surface area contributed by atoms with Gasteiger partial charge in [0.15, 0.2) is 0 Å². The molecular weight excluding hydrogens is 337 g/mol. The van der Waals surface area contributed by atoms with Gasteiger partial charge in [0.2, 0.25) is 0 Å². The lowest BCUT2D eigenvalue weighted by Gasteiger charge is -2.36. The number of urea groups is 1. The molecule has 0 bridgehead atoms. The summed E-state index contributed by atoms with van der Waals surface area (Å²) in [6.07, 6.45) is 0. The Morgan fingerprint density at radius 1 is 1.00 bits per heavy atom. The normalized spacial score (nSPS) is 14.1. The van der Waals surface area contributed by atoms with Crippen LogP contribution in [-0.2, 0) is 0 Å². The number of anilines is 2. The van der Waals surface area contributed by atoms with Crippen LogP contribution in [0.3, 0.4) is 0 Å². The summed E-state index contributed by atoms with van der Waals surface area (Å²) in [5, 5.41) is 2.86. The minimum absolute atomic E-state index is 0.200. The van der Waals surface area contributed by atoms with Crippen LogP contribution in [0.25, 0.3) is 0 Å². The smallest absolute Gasteiger partial charge is 0.321 e. The molecule has 1 N–H and O–H groups in total. The van der Waals surface area contributed by atoms with Crippen molar-refractivity contribution >= 4 is 17.4 Å². The molecule has 2 aromatic carbocycles. The van der Waals surface area contributed by atoms with Gasteiger partial charge in [0, 0.05) is 50.1 Å². The standard InChI is InChI=1S/C19H22FN3O3/c1-25-15-11-14(12-16(13-15)26-2)21-19(24)23-9-7-22(8-10-23)18-6-4-3-5-17(18)20/h3-6,11-13H,7-10H2,1-2H3,(H,21,24). The number of methoxy groups -OCH3 is 2. The molecule has 0 aromatic heterocycles. The predicted octanol–water partition coefficient (Wildman–Crippen LogP) is 3.20. The highest BCUT2D eigenvalue weighted by molar-refractivity contribution is 5.90. The molecule has 0 unspecified atom stereocenters. The molecule has 2 aromatic rings. The molecule has 0 aliphatic carbocycles. The molecule has 26 heavy (non-hydrogen) atoms. The van der Waals surface area contributed by atoms with Crippen LogP contribution in [0.4, 0.5) is 20.6 Å². The zero-order valence-corrected chi connectivity index (χ0v) is 14.9. The first-order chi connectivity index (χ1) is 12.6. The monoisotopic (exact) mass is 359 g/mol. The fraction of sp³-hybridized carbons (Fsp3) is 0.316. The number of carbonyl (C=O) groups is 1. The second-order valence-corrected chi connectivity index (χ2v) is 5.96. The van der Waals surface area contributed by atoms with Crippen LogP contribution in [-0.4, -0.2) is 51.3 Å². The molecule has 3 rings (SSSR count). The van der Waals surface area contributed by atoms with Crippen LogP contribution in [0, 0.1) is 5.82 Å². The molecule has 7 heteroatoms. The van der Waals surface area contributed by atoms with E-state index >= 15 is 0 Å². The Kier molecular flexibility index (Phi) is 5.46. The van der Waals surface area contributed by atoms with Crippen LogP contribution >= 0.6 is 0 Å². The topological polar surface area (TPSA) is 54.0 Å². The molecule has 0 saturated carbocycles. The maximum atomic E-state index is 13.9. The Labute approximate surface area is 152 Å². The molecule has 2 amide bonds. The van der Waals surface area contributed by atoms with Gasteiger partial charge in [-0.15, -0.1) is 0 Å². The van der Waals surface area contributed by atoms with Gasteiger partial charge in [-0.3, -0.25) is 0 Å². The Morgan fingerprint density at radius 3 is 2.19 bits per heavy atom. The first-order valence-electron chi connectivity index (χ1n) is 8.39. The van der Waals surface area contributed by atoms with Crippen molar-refractivity contribution in [2.75, 3.05) is 50.6 Å². The molecule has 1 saturated heterocycles. The lowest BCUT2D eigenvalue weighted by atomic mass is 10.2. The molecular formula is C19H22FN3O3. The number of nitrogens with zero attached hydrogens (tertiary/aromatic N) is 2. The Balaban J connectivity index is 1.61. The van der Waals surface area contributed by atoms with Crippen molar-refractivity contribution in [3.8, 4) is 11.5 Å². The second kappa shape index (κ2) is 7.95. The van der Waals surface area contributed by atoms with E-state index in [2.05, 4.69) is 5.32 Å². The second-order valence-electron chi connectivity index (χ2n) is 5.96. The van der Waals surface area contributed by atoms with Gasteiger partial charge in [-0.2, -0.15) is 0 Å². The number of carbonyl (C=O) groups excluding carboxylic acids is 1. The van der Waals surface area contributed by atoms with Gasteiger partial charge in [0.05, 0.1) is 19.9 Å². The molecule has 1 aliphatic rings. The number of ether oxygens (including phenoxy) is 2. The van der Waals surface area contributed by atoms with E-state index in [1.807, 2.05) is 11.0 Å². The summed E-state index contributed by atoms with van der Waals surface area (Å²) < 4.78 is 24.3. The molecule has 1 heterocycles. The molecule has 6 nitrogen and oxygen atoms in total. The van der Waals surface area contributed by atoms with Crippen molar-refractivity contribution in [1.82, 2.24) is 4.90 Å². The van der Waals surface area contributed by atoms with Crippen molar-refractivity contribution in [2.24, 2.45) is 0 Å². The van der Waals surface area contributed by atoms with E-state index in [-0.39, 0.29) is 11.8 Å². The van der Waals surface area contributed by atoms with Crippen molar-refractivity contribution in [2.45, 2.75) is 0 Å². The van der Waals surface area contributed by atoms with Crippen LogP contribution < -0.4 is 19.7 Å². The zero-order valence-electron chi connectivity index (χ0n) is 14.9. The fourth-order valence-electron chi connectivity index (χ4n) is 2.94. The lowest BCUT2D eigenvalue weighted by Crippen LogP contribution is -2.50. The van der Waals surface area contributed by atoms with E-state index in [4.69, 9.17) is 9.47 Å². The lowest BCUT2D eigenvalue weighted by molar-refractivity contribution is 0.208. The van der Waals surface area contributed by atoms with E-state index < -0.39 is 0 Å². The number of nitrogens with one attached hydrogen (secondary N) is 1. The van der Waals surface area contributed by atoms with E-state index in [0.29, 0.717) is 49.1 Å². The molecule has 0 spiro atoms. The van der Waals surface area contributed by atoms with Gasteiger partial charge in [-0.05, 0) is 12.1 Å². The van der Waals surface area contributed by atoms with Gasteiger partial charge in [0.1, 0.15) is 17.3 Å². The largest absolute Gasteiger partial charge is 0.497 e. The van der Waals surface area contributed by atoms with Gasteiger partial charge in [0.25, 0.3) is 0 Å². The van der Waals surface area contributed by atoms with Crippen molar-refractivity contribution in [3.05, 3.63) is 48.3 Å². The van der Waals surface area contributed by atoms with E-state index in [0.717, 1.165) is 0 Å². The first-order valence-corrected chi connectivity index (χ1v) is 8.39. The number of piperazine rings is 1. The average Bonchev–Trinajstić information content (AvgIpc) is 2.68. The minimum atomic E-state index is -0.242. The average molecular weight is 359 g/mol. The third-order valence-corrected chi connectivity index (χ3v) is 4.36. The Hall–Kier alpha value is -2.96. The maximum Gasteiger partial charge on any atom is 0.321 e. The predicted molar refractivity (Wildman–Crippen MR) is 98.8 cm³/mol. The van der Waals surface area contributed by atoms with Crippen LogP contribution in [0.1, 0.15) is 0 Å². The summed E-state index contributed by atoms with van der Waals surface area (Å²) >= 11 is 0. The van der Waals surface area contributed by atoms with Crippen LogP contribution in [0.5, 0.6) is 11.5 Å². The Bertz CT molecular complexity index is 754. The molecule has 1 aliphatic heterocycles. The maximum absolute atomic E-state index is 13.9. The highest BCUT2D eigenvalue weighted by atomic mass is 19.1. The number of amides is 2.